The monoisotopic (exact) mass is 451 g/mol. The quantitative estimate of drug-likeness (QED) is 0.472. The number of para-hydroxylation sites is 1. The lowest BCUT2D eigenvalue weighted by atomic mass is 10.1. The summed E-state index contributed by atoms with van der Waals surface area (Å²) in [7, 11) is -0.583. The maximum absolute atomic E-state index is 12.5. The first kappa shape index (κ1) is 21.2. The molecule has 4 rings (SSSR count). The lowest BCUT2D eigenvalue weighted by Crippen LogP contribution is -2.22. The Morgan fingerprint density at radius 2 is 1.65 bits per heavy atom. The fourth-order valence-corrected chi connectivity index (χ4v) is 4.97. The van der Waals surface area contributed by atoms with Gasteiger partial charge in [0.1, 0.15) is 0 Å². The molecule has 3 aromatic carbocycles. The smallest absolute Gasteiger partial charge is 0.255 e. The van der Waals surface area contributed by atoms with Crippen LogP contribution in [0.3, 0.4) is 0 Å². The van der Waals surface area contributed by atoms with Crippen LogP contribution in [0, 0.1) is 0 Å². The molecule has 158 valence electrons. The number of benzene rings is 3. The Balaban J connectivity index is 1.42. The Labute approximate surface area is 185 Å². The summed E-state index contributed by atoms with van der Waals surface area (Å²) in [6.45, 7) is 0. The first-order valence-corrected chi connectivity index (χ1v) is 11.9. The molecule has 0 aliphatic carbocycles. The van der Waals surface area contributed by atoms with Crippen LogP contribution in [0.2, 0.25) is 0 Å². The lowest BCUT2D eigenvalue weighted by Gasteiger charge is -2.11. The van der Waals surface area contributed by atoms with Gasteiger partial charge in [-0.2, -0.15) is 0 Å². The standard InChI is InChI=1S/C23H21N3O3S2/c1-26(2)31(28,29)19-13-9-17(10-14-19)23(27)24-18-11-7-16(8-12-18)15-22-25-20-5-3-4-6-21(20)30-22/h3-14H,15H2,1-2H3,(H,24,27). The molecule has 1 N–H and O–H groups in total. The number of anilines is 1. The van der Waals surface area contributed by atoms with E-state index in [1.54, 1.807) is 11.3 Å². The largest absolute Gasteiger partial charge is 0.322 e. The number of nitrogens with one attached hydrogen (secondary N) is 1. The number of sulfonamides is 1. The van der Waals surface area contributed by atoms with E-state index in [4.69, 9.17) is 0 Å². The molecule has 0 bridgehead atoms. The molecule has 0 aliphatic heterocycles. The van der Waals surface area contributed by atoms with Gasteiger partial charge >= 0.3 is 0 Å². The summed E-state index contributed by atoms with van der Waals surface area (Å²) in [5.41, 5.74) is 3.17. The van der Waals surface area contributed by atoms with Crippen molar-refractivity contribution in [3.8, 4) is 0 Å². The number of nitrogens with zero attached hydrogens (tertiary/aromatic N) is 2. The molecule has 0 fully saturated rings. The zero-order valence-electron chi connectivity index (χ0n) is 17.1. The topological polar surface area (TPSA) is 79.4 Å². The van der Waals surface area contributed by atoms with E-state index in [2.05, 4.69) is 16.4 Å². The third-order valence-corrected chi connectivity index (χ3v) is 7.67. The third-order valence-electron chi connectivity index (χ3n) is 4.80. The highest BCUT2D eigenvalue weighted by atomic mass is 32.2. The maximum Gasteiger partial charge on any atom is 0.255 e. The second-order valence-electron chi connectivity index (χ2n) is 7.21. The molecule has 6 nitrogen and oxygen atoms in total. The minimum Gasteiger partial charge on any atom is -0.322 e. The van der Waals surface area contributed by atoms with Crippen molar-refractivity contribution >= 4 is 43.2 Å². The van der Waals surface area contributed by atoms with E-state index in [0.29, 0.717) is 11.3 Å². The second kappa shape index (κ2) is 8.58. The fraction of sp³-hybridized carbons (Fsp3) is 0.130. The molecule has 0 saturated carbocycles. The average molecular weight is 452 g/mol. The number of fused-ring (bicyclic) bond motifs is 1. The lowest BCUT2D eigenvalue weighted by molar-refractivity contribution is 0.102. The normalized spacial score (nSPS) is 11.7. The van der Waals surface area contributed by atoms with E-state index in [0.717, 1.165) is 26.8 Å². The Morgan fingerprint density at radius 1 is 0.968 bits per heavy atom. The summed E-state index contributed by atoms with van der Waals surface area (Å²) in [4.78, 5) is 17.3. The predicted octanol–water partition coefficient (Wildman–Crippen LogP) is 4.39. The Kier molecular flexibility index (Phi) is 5.86. The first-order chi connectivity index (χ1) is 14.8. The van der Waals surface area contributed by atoms with Gasteiger partial charge in [-0.25, -0.2) is 17.7 Å². The number of carbonyl (C=O) groups is 1. The van der Waals surface area contributed by atoms with Crippen LogP contribution in [-0.2, 0) is 16.4 Å². The van der Waals surface area contributed by atoms with Crippen LogP contribution in [0.15, 0.2) is 77.7 Å². The summed E-state index contributed by atoms with van der Waals surface area (Å²) >= 11 is 1.68. The van der Waals surface area contributed by atoms with Crippen molar-refractivity contribution in [2.75, 3.05) is 19.4 Å². The van der Waals surface area contributed by atoms with E-state index in [1.165, 1.54) is 43.1 Å². The molecule has 0 atom stereocenters. The van der Waals surface area contributed by atoms with Crippen molar-refractivity contribution in [1.29, 1.82) is 0 Å². The van der Waals surface area contributed by atoms with Gasteiger partial charge in [0, 0.05) is 31.8 Å². The van der Waals surface area contributed by atoms with Gasteiger partial charge < -0.3 is 5.32 Å². The van der Waals surface area contributed by atoms with E-state index < -0.39 is 10.0 Å². The predicted molar refractivity (Wildman–Crippen MR) is 124 cm³/mol. The molecule has 31 heavy (non-hydrogen) atoms. The molecule has 8 heteroatoms. The molecule has 0 aliphatic rings. The molecular formula is C23H21N3O3S2. The van der Waals surface area contributed by atoms with Crippen molar-refractivity contribution in [3.05, 3.63) is 88.9 Å². The molecule has 1 aromatic heterocycles. The number of amides is 1. The van der Waals surface area contributed by atoms with Crippen LogP contribution >= 0.6 is 11.3 Å². The Morgan fingerprint density at radius 3 is 2.29 bits per heavy atom. The van der Waals surface area contributed by atoms with Crippen LogP contribution in [-0.4, -0.2) is 37.7 Å². The zero-order chi connectivity index (χ0) is 22.0. The van der Waals surface area contributed by atoms with Gasteiger partial charge in [0.25, 0.3) is 5.91 Å². The first-order valence-electron chi connectivity index (χ1n) is 9.60. The molecule has 1 heterocycles. The minimum absolute atomic E-state index is 0.147. The van der Waals surface area contributed by atoms with Crippen molar-refractivity contribution < 1.29 is 13.2 Å². The molecule has 0 radical (unpaired) electrons. The third kappa shape index (κ3) is 4.66. The van der Waals surface area contributed by atoms with Gasteiger partial charge in [0.05, 0.1) is 20.1 Å². The number of hydrogen-bond donors (Lipinski definition) is 1. The van der Waals surface area contributed by atoms with Gasteiger partial charge in [-0.05, 0) is 54.1 Å². The van der Waals surface area contributed by atoms with Crippen LogP contribution in [0.25, 0.3) is 10.2 Å². The van der Waals surface area contributed by atoms with E-state index in [1.807, 2.05) is 42.5 Å². The molecular weight excluding hydrogens is 430 g/mol. The van der Waals surface area contributed by atoms with Crippen molar-refractivity contribution in [3.63, 3.8) is 0 Å². The summed E-state index contributed by atoms with van der Waals surface area (Å²) in [6.07, 6.45) is 0.732. The number of aromatic nitrogens is 1. The van der Waals surface area contributed by atoms with Gasteiger partial charge in [-0.15, -0.1) is 11.3 Å². The highest BCUT2D eigenvalue weighted by Gasteiger charge is 2.17. The summed E-state index contributed by atoms with van der Waals surface area (Å²) in [5.74, 6) is -0.298. The summed E-state index contributed by atoms with van der Waals surface area (Å²) in [5, 5.41) is 3.89. The summed E-state index contributed by atoms with van der Waals surface area (Å²) in [6, 6.07) is 21.6. The maximum atomic E-state index is 12.5. The fourth-order valence-electron chi connectivity index (χ4n) is 3.07. The molecule has 0 saturated heterocycles. The summed E-state index contributed by atoms with van der Waals surface area (Å²) < 4.78 is 26.6. The average Bonchev–Trinajstić information content (AvgIpc) is 3.17. The van der Waals surface area contributed by atoms with E-state index >= 15 is 0 Å². The molecule has 0 spiro atoms. The minimum atomic E-state index is -3.52. The zero-order valence-corrected chi connectivity index (χ0v) is 18.7. The highest BCUT2D eigenvalue weighted by molar-refractivity contribution is 7.89. The SMILES string of the molecule is CN(C)S(=O)(=O)c1ccc(C(=O)Nc2ccc(Cc3nc4ccccc4s3)cc2)cc1. The van der Waals surface area contributed by atoms with Crippen LogP contribution in [0.1, 0.15) is 20.9 Å². The van der Waals surface area contributed by atoms with Crippen LogP contribution in [0.4, 0.5) is 5.69 Å². The van der Waals surface area contributed by atoms with Crippen molar-refractivity contribution in [2.24, 2.45) is 0 Å². The van der Waals surface area contributed by atoms with Gasteiger partial charge in [-0.1, -0.05) is 24.3 Å². The van der Waals surface area contributed by atoms with Gasteiger partial charge in [0.2, 0.25) is 10.0 Å². The molecule has 4 aromatic rings. The number of hydrogen-bond acceptors (Lipinski definition) is 5. The number of carbonyl (C=O) groups excluding carboxylic acids is 1. The van der Waals surface area contributed by atoms with Crippen LogP contribution < -0.4 is 5.32 Å². The number of thiazole rings is 1. The van der Waals surface area contributed by atoms with Gasteiger partial charge in [-0.3, -0.25) is 4.79 Å². The van der Waals surface area contributed by atoms with Crippen molar-refractivity contribution in [2.45, 2.75) is 11.3 Å². The van der Waals surface area contributed by atoms with E-state index in [-0.39, 0.29) is 10.8 Å². The second-order valence-corrected chi connectivity index (χ2v) is 10.5. The van der Waals surface area contributed by atoms with Crippen LogP contribution in [0.5, 0.6) is 0 Å². The van der Waals surface area contributed by atoms with Crippen molar-refractivity contribution in [1.82, 2.24) is 9.29 Å². The highest BCUT2D eigenvalue weighted by Crippen LogP contribution is 2.24. The van der Waals surface area contributed by atoms with Gasteiger partial charge in [0.15, 0.2) is 0 Å². The molecule has 1 amide bonds. The number of rotatable bonds is 6. The molecule has 0 unspecified atom stereocenters. The van der Waals surface area contributed by atoms with E-state index in [9.17, 15) is 13.2 Å². The Bertz CT molecular complexity index is 1290. The Hall–Kier alpha value is -3.07.